The van der Waals surface area contributed by atoms with Gasteiger partial charge in [-0.05, 0) is 12.5 Å². The van der Waals surface area contributed by atoms with Gasteiger partial charge in [0, 0.05) is 34.2 Å². The number of imide groups is 1. The van der Waals surface area contributed by atoms with Crippen molar-refractivity contribution >= 4 is 17.9 Å². The quantitative estimate of drug-likeness (QED) is 0.770. The number of carbonyl (C=O) groups excluding carboxylic acids is 2. The molecule has 138 valence electrons. The van der Waals surface area contributed by atoms with E-state index in [2.05, 4.69) is 18.7 Å². The van der Waals surface area contributed by atoms with E-state index < -0.39 is 12.2 Å². The maximum atomic E-state index is 12.8. The van der Waals surface area contributed by atoms with E-state index in [4.69, 9.17) is 4.99 Å². The zero-order valence-electron chi connectivity index (χ0n) is 15.7. The summed E-state index contributed by atoms with van der Waals surface area (Å²) in [5.41, 5.74) is 2.08. The molecule has 3 amide bonds. The summed E-state index contributed by atoms with van der Waals surface area (Å²) in [5.74, 6) is 0.473. The van der Waals surface area contributed by atoms with E-state index in [0.717, 1.165) is 11.1 Å². The number of nitrogens with zero attached hydrogens (tertiary/aromatic N) is 5. The Bertz CT molecular complexity index is 760. The number of rotatable bonds is 4. The lowest BCUT2D eigenvalue weighted by atomic mass is 10.1. The van der Waals surface area contributed by atoms with Gasteiger partial charge in [-0.2, -0.15) is 0 Å². The normalized spacial score (nSPS) is 22.5. The first-order chi connectivity index (χ1) is 12.3. The molecule has 0 radical (unpaired) electrons. The highest BCUT2D eigenvalue weighted by atomic mass is 16.2. The van der Waals surface area contributed by atoms with Crippen molar-refractivity contribution in [1.82, 2.24) is 19.6 Å². The fourth-order valence-corrected chi connectivity index (χ4v) is 3.46. The molecule has 7 heteroatoms. The first kappa shape index (κ1) is 18.0. The Hall–Kier alpha value is -2.83. The number of guanidine groups is 1. The maximum Gasteiger partial charge on any atom is 0.328 e. The molecule has 0 aliphatic carbocycles. The summed E-state index contributed by atoms with van der Waals surface area (Å²) in [6, 6.07) is 9.22. The van der Waals surface area contributed by atoms with Gasteiger partial charge in [0.1, 0.15) is 0 Å². The highest BCUT2D eigenvalue weighted by molar-refractivity contribution is 6.03. The van der Waals surface area contributed by atoms with E-state index in [1.165, 1.54) is 16.8 Å². The second kappa shape index (κ2) is 6.82. The van der Waals surface area contributed by atoms with Gasteiger partial charge in [0.15, 0.2) is 18.2 Å². The van der Waals surface area contributed by atoms with E-state index in [0.29, 0.717) is 19.0 Å². The topological polar surface area (TPSA) is 59.5 Å². The zero-order chi connectivity index (χ0) is 19.0. The number of hydrogen-bond acceptors (Lipinski definition) is 5. The summed E-state index contributed by atoms with van der Waals surface area (Å²) in [6.07, 6.45) is -0.515. The van der Waals surface area contributed by atoms with Crippen LogP contribution in [0.3, 0.4) is 0 Å². The molecule has 1 fully saturated rings. The number of hydrogen-bond donors (Lipinski definition) is 0. The lowest BCUT2D eigenvalue weighted by molar-refractivity contribution is -0.136. The van der Waals surface area contributed by atoms with Gasteiger partial charge in [0.25, 0.3) is 5.91 Å². The van der Waals surface area contributed by atoms with Gasteiger partial charge in [-0.1, -0.05) is 42.5 Å². The van der Waals surface area contributed by atoms with Crippen molar-refractivity contribution in [3.05, 3.63) is 48.0 Å². The van der Waals surface area contributed by atoms with E-state index in [1.54, 1.807) is 7.05 Å². The van der Waals surface area contributed by atoms with Crippen molar-refractivity contribution in [3.63, 3.8) is 0 Å². The Labute approximate surface area is 154 Å². The zero-order valence-corrected chi connectivity index (χ0v) is 15.7. The van der Waals surface area contributed by atoms with Crippen LogP contribution < -0.4 is 0 Å². The van der Waals surface area contributed by atoms with Crippen LogP contribution >= 0.6 is 0 Å². The van der Waals surface area contributed by atoms with Crippen LogP contribution in [-0.4, -0.2) is 77.4 Å². The lowest BCUT2D eigenvalue weighted by Crippen LogP contribution is -2.64. The molecule has 2 aliphatic heterocycles. The number of urea groups is 1. The molecule has 2 atom stereocenters. The van der Waals surface area contributed by atoms with Crippen LogP contribution in [-0.2, 0) is 11.3 Å². The monoisotopic (exact) mass is 355 g/mol. The van der Waals surface area contributed by atoms with Gasteiger partial charge in [-0.3, -0.25) is 9.69 Å². The third-order valence-electron chi connectivity index (χ3n) is 4.74. The molecule has 0 saturated carbocycles. The summed E-state index contributed by atoms with van der Waals surface area (Å²) in [5, 5.41) is 0. The van der Waals surface area contributed by atoms with E-state index >= 15 is 0 Å². The summed E-state index contributed by atoms with van der Waals surface area (Å²) >= 11 is 0. The molecule has 0 N–H and O–H groups in total. The molecule has 7 nitrogen and oxygen atoms in total. The van der Waals surface area contributed by atoms with Crippen LogP contribution in [0.2, 0.25) is 0 Å². The first-order valence-corrected chi connectivity index (χ1v) is 8.59. The Kier molecular flexibility index (Phi) is 4.71. The van der Waals surface area contributed by atoms with Crippen molar-refractivity contribution in [2.45, 2.75) is 25.7 Å². The van der Waals surface area contributed by atoms with Crippen LogP contribution in [0.5, 0.6) is 0 Å². The number of aliphatic imine (C=N–C) groups is 1. The first-order valence-electron chi connectivity index (χ1n) is 8.59. The average molecular weight is 355 g/mol. The summed E-state index contributed by atoms with van der Waals surface area (Å²) in [6.45, 7) is 7.09. The predicted octanol–water partition coefficient (Wildman–Crippen LogP) is 1.58. The number of carbonyl (C=O) groups is 2. The number of likely N-dealkylation sites (N-methyl/N-ethyl adjacent to an activating group) is 2. The van der Waals surface area contributed by atoms with Gasteiger partial charge in [0.05, 0.1) is 0 Å². The fourth-order valence-electron chi connectivity index (χ4n) is 3.46. The average Bonchev–Trinajstić information content (AvgIpc) is 2.98. The molecular formula is C19H25N5O2. The fraction of sp³-hybridized carbons (Fsp3) is 0.421. The molecule has 26 heavy (non-hydrogen) atoms. The van der Waals surface area contributed by atoms with Crippen LogP contribution in [0.25, 0.3) is 0 Å². The van der Waals surface area contributed by atoms with Crippen molar-refractivity contribution in [2.75, 3.05) is 27.7 Å². The van der Waals surface area contributed by atoms with Gasteiger partial charge in [-0.15, -0.1) is 0 Å². The Morgan fingerprint density at radius 1 is 1.23 bits per heavy atom. The van der Waals surface area contributed by atoms with Crippen molar-refractivity contribution in [2.24, 2.45) is 4.99 Å². The van der Waals surface area contributed by atoms with E-state index in [9.17, 15) is 9.59 Å². The van der Waals surface area contributed by atoms with E-state index in [-0.39, 0.29) is 11.9 Å². The largest absolute Gasteiger partial charge is 0.341 e. The molecule has 2 heterocycles. The number of fused-ring (bicyclic) bond motifs is 1. The third kappa shape index (κ3) is 3.05. The Morgan fingerprint density at radius 3 is 2.50 bits per heavy atom. The molecule has 1 aromatic rings. The molecule has 1 saturated heterocycles. The second-order valence-electron chi connectivity index (χ2n) is 7.00. The lowest BCUT2D eigenvalue weighted by Gasteiger charge is -2.40. The van der Waals surface area contributed by atoms with Crippen molar-refractivity contribution in [3.8, 4) is 0 Å². The van der Waals surface area contributed by atoms with Crippen LogP contribution in [0.4, 0.5) is 4.79 Å². The van der Waals surface area contributed by atoms with Gasteiger partial charge in [-0.25, -0.2) is 9.79 Å². The molecule has 2 unspecified atom stereocenters. The number of amides is 3. The second-order valence-corrected chi connectivity index (χ2v) is 7.00. The highest BCUT2D eigenvalue weighted by Gasteiger charge is 2.51. The van der Waals surface area contributed by atoms with Crippen LogP contribution in [0.15, 0.2) is 47.5 Å². The van der Waals surface area contributed by atoms with Crippen LogP contribution in [0.1, 0.15) is 12.5 Å². The van der Waals surface area contributed by atoms with Gasteiger partial charge < -0.3 is 14.7 Å². The molecule has 0 aromatic heterocycles. The summed E-state index contributed by atoms with van der Waals surface area (Å²) in [4.78, 5) is 36.5. The van der Waals surface area contributed by atoms with Gasteiger partial charge >= 0.3 is 6.03 Å². The SMILES string of the molecule is C=C(C)CN1C(N(C)Cc2ccccc2)=NC2C1C(=O)N(C)C(=O)N2C. The maximum absolute atomic E-state index is 12.8. The minimum absolute atomic E-state index is 0.230. The number of benzene rings is 1. The molecule has 1 aromatic carbocycles. The predicted molar refractivity (Wildman–Crippen MR) is 100 cm³/mol. The highest BCUT2D eigenvalue weighted by Crippen LogP contribution is 2.28. The Morgan fingerprint density at radius 2 is 1.88 bits per heavy atom. The summed E-state index contributed by atoms with van der Waals surface area (Å²) < 4.78 is 0. The molecule has 3 rings (SSSR count). The van der Waals surface area contributed by atoms with E-state index in [1.807, 2.05) is 42.0 Å². The smallest absolute Gasteiger partial charge is 0.328 e. The van der Waals surface area contributed by atoms with Crippen LogP contribution in [0, 0.1) is 0 Å². The summed E-state index contributed by atoms with van der Waals surface area (Å²) in [7, 11) is 5.15. The molecule has 2 aliphatic rings. The van der Waals surface area contributed by atoms with Crippen molar-refractivity contribution < 1.29 is 9.59 Å². The van der Waals surface area contributed by atoms with Gasteiger partial charge in [0.2, 0.25) is 0 Å². The molecule has 0 spiro atoms. The Balaban J connectivity index is 1.93. The standard InChI is InChI=1S/C19H25N5O2/c1-13(2)11-24-15-16(22(4)19(26)23(5)17(15)25)20-18(24)21(3)12-14-9-7-6-8-10-14/h6-10,15-16H,1,11-12H2,2-5H3. The van der Waals surface area contributed by atoms with Crippen molar-refractivity contribution in [1.29, 1.82) is 0 Å². The molecular weight excluding hydrogens is 330 g/mol. The minimum atomic E-state index is -0.521. The molecule has 0 bridgehead atoms. The minimum Gasteiger partial charge on any atom is -0.341 e. The third-order valence-corrected chi connectivity index (χ3v) is 4.74.